The molecule has 0 aromatic heterocycles. The summed E-state index contributed by atoms with van der Waals surface area (Å²) in [6.07, 6.45) is 5.16. The second-order valence-electron chi connectivity index (χ2n) is 4.40. The van der Waals surface area contributed by atoms with Crippen LogP contribution in [0.1, 0.15) is 32.1 Å². The maximum absolute atomic E-state index is 12.1. The fourth-order valence-corrected chi connectivity index (χ4v) is 4.90. The minimum Gasteiger partial charge on any atom is -0.294 e. The Morgan fingerprint density at radius 1 is 0.882 bits per heavy atom. The maximum Gasteiger partial charge on any atom is 0.160 e. The van der Waals surface area contributed by atoms with Crippen LogP contribution in [-0.4, -0.2) is 5.78 Å². The van der Waals surface area contributed by atoms with Gasteiger partial charge in [0.2, 0.25) is 0 Å². The molecular weight excluding hydrogens is 248 g/mol. The van der Waals surface area contributed by atoms with E-state index in [4.69, 9.17) is 0 Å². The Kier molecular flexibility index (Phi) is 3.30. The minimum atomic E-state index is 0.380. The van der Waals surface area contributed by atoms with Crippen molar-refractivity contribution >= 4 is 29.3 Å². The number of thioether (sulfide) groups is 2. The largest absolute Gasteiger partial charge is 0.294 e. The fourth-order valence-electron chi connectivity index (χ4n) is 2.23. The van der Waals surface area contributed by atoms with Gasteiger partial charge in [0.05, 0.1) is 4.24 Å². The quantitative estimate of drug-likeness (QED) is 0.501. The van der Waals surface area contributed by atoms with E-state index in [1.54, 1.807) is 23.5 Å². The van der Waals surface area contributed by atoms with Crippen LogP contribution < -0.4 is 0 Å². The topological polar surface area (TPSA) is 17.1 Å². The van der Waals surface area contributed by atoms with Crippen molar-refractivity contribution in [1.29, 1.82) is 0 Å². The number of fused-ring (bicyclic) bond motifs is 1. The second kappa shape index (κ2) is 4.91. The summed E-state index contributed by atoms with van der Waals surface area (Å²) < 4.78 is 1.23. The minimum absolute atomic E-state index is 0.380. The van der Waals surface area contributed by atoms with Crippen molar-refractivity contribution in [2.45, 2.75) is 41.9 Å². The predicted molar refractivity (Wildman–Crippen MR) is 73.3 cm³/mol. The molecule has 0 saturated heterocycles. The highest BCUT2D eigenvalue weighted by molar-refractivity contribution is 8.24. The molecule has 1 heterocycles. The van der Waals surface area contributed by atoms with Crippen LogP contribution in [0.4, 0.5) is 0 Å². The van der Waals surface area contributed by atoms with Gasteiger partial charge in [0.15, 0.2) is 5.78 Å². The van der Waals surface area contributed by atoms with Crippen molar-refractivity contribution < 1.29 is 4.79 Å². The number of allylic oxidation sites excluding steroid dienone is 1. The lowest BCUT2D eigenvalue weighted by Gasteiger charge is -2.04. The number of hydrogen-bond donors (Lipinski definition) is 0. The van der Waals surface area contributed by atoms with Gasteiger partial charge in [0.1, 0.15) is 0 Å². The van der Waals surface area contributed by atoms with Crippen LogP contribution in [0.5, 0.6) is 0 Å². The van der Waals surface area contributed by atoms with Gasteiger partial charge in [-0.3, -0.25) is 4.79 Å². The van der Waals surface area contributed by atoms with E-state index in [0.29, 0.717) is 5.78 Å². The van der Waals surface area contributed by atoms with Crippen LogP contribution in [0.3, 0.4) is 0 Å². The Labute approximate surface area is 110 Å². The van der Waals surface area contributed by atoms with E-state index >= 15 is 0 Å². The highest BCUT2D eigenvalue weighted by Crippen LogP contribution is 2.53. The van der Waals surface area contributed by atoms with Gasteiger partial charge in [-0.05, 0) is 31.4 Å². The van der Waals surface area contributed by atoms with Crippen LogP contribution in [0.15, 0.2) is 43.9 Å². The van der Waals surface area contributed by atoms with Crippen LogP contribution in [0.2, 0.25) is 0 Å². The molecule has 1 aromatic rings. The summed E-state index contributed by atoms with van der Waals surface area (Å²) in [5.74, 6) is 0.380. The molecular formula is C14H14OS2. The summed E-state index contributed by atoms with van der Waals surface area (Å²) in [7, 11) is 0. The van der Waals surface area contributed by atoms with Crippen molar-refractivity contribution in [2.24, 2.45) is 0 Å². The van der Waals surface area contributed by atoms with Gasteiger partial charge in [-0.25, -0.2) is 0 Å². The van der Waals surface area contributed by atoms with Gasteiger partial charge >= 0.3 is 0 Å². The SMILES string of the molecule is O=C1CCCCCC1=C1Sc2ccccc2S1. The Hall–Kier alpha value is -0.670. The molecule has 17 heavy (non-hydrogen) atoms. The molecule has 1 fully saturated rings. The molecule has 0 spiro atoms. The summed E-state index contributed by atoms with van der Waals surface area (Å²) in [5, 5.41) is 0. The number of Topliss-reactive ketones (excluding diaryl/α,β-unsaturated/α-hetero) is 1. The zero-order chi connectivity index (χ0) is 11.7. The molecule has 0 amide bonds. The third-order valence-electron chi connectivity index (χ3n) is 3.17. The Morgan fingerprint density at radius 3 is 2.24 bits per heavy atom. The molecule has 2 aliphatic rings. The molecule has 1 nitrogen and oxygen atoms in total. The summed E-state index contributed by atoms with van der Waals surface area (Å²) in [5.41, 5.74) is 1.09. The van der Waals surface area contributed by atoms with E-state index in [1.165, 1.54) is 26.9 Å². The summed E-state index contributed by atoms with van der Waals surface area (Å²) in [6.45, 7) is 0. The lowest BCUT2D eigenvalue weighted by molar-refractivity contribution is -0.115. The first-order chi connectivity index (χ1) is 8.34. The lowest BCUT2D eigenvalue weighted by atomic mass is 10.1. The van der Waals surface area contributed by atoms with E-state index in [1.807, 2.05) is 0 Å². The molecule has 1 saturated carbocycles. The molecule has 0 N–H and O–H groups in total. The number of carbonyl (C=O) groups is 1. The number of benzene rings is 1. The standard InChI is InChI=1S/C14H14OS2/c15-11-7-3-1-2-6-10(11)14-16-12-8-4-5-9-13(12)17-14/h4-5,8-9H,1-3,6-7H2. The van der Waals surface area contributed by atoms with Crippen LogP contribution in [0, 0.1) is 0 Å². The predicted octanol–water partition coefficient (Wildman–Crippen LogP) is 4.63. The normalized spacial score (nSPS) is 20.4. The molecule has 0 bridgehead atoms. The third-order valence-corrected chi connectivity index (χ3v) is 5.81. The van der Waals surface area contributed by atoms with Gasteiger partial charge < -0.3 is 0 Å². The van der Waals surface area contributed by atoms with E-state index in [0.717, 1.165) is 24.8 Å². The molecule has 0 radical (unpaired) electrons. The Bertz CT molecular complexity index is 464. The molecule has 88 valence electrons. The highest BCUT2D eigenvalue weighted by Gasteiger charge is 2.24. The molecule has 3 rings (SSSR count). The van der Waals surface area contributed by atoms with Gasteiger partial charge in [-0.2, -0.15) is 0 Å². The van der Waals surface area contributed by atoms with Crippen molar-refractivity contribution in [3.05, 3.63) is 34.1 Å². The third kappa shape index (κ3) is 2.31. The molecule has 1 aromatic carbocycles. The highest BCUT2D eigenvalue weighted by atomic mass is 32.2. The lowest BCUT2D eigenvalue weighted by Crippen LogP contribution is -2.00. The van der Waals surface area contributed by atoms with Gasteiger partial charge in [0.25, 0.3) is 0 Å². The summed E-state index contributed by atoms with van der Waals surface area (Å²) in [6, 6.07) is 8.41. The molecule has 3 heteroatoms. The molecule has 0 unspecified atom stereocenters. The van der Waals surface area contributed by atoms with Gasteiger partial charge in [0, 0.05) is 21.8 Å². The van der Waals surface area contributed by atoms with Crippen molar-refractivity contribution in [1.82, 2.24) is 0 Å². The maximum atomic E-state index is 12.1. The van der Waals surface area contributed by atoms with E-state index in [9.17, 15) is 4.79 Å². The average molecular weight is 262 g/mol. The number of hydrogen-bond acceptors (Lipinski definition) is 3. The van der Waals surface area contributed by atoms with Crippen molar-refractivity contribution in [3.8, 4) is 0 Å². The van der Waals surface area contributed by atoms with E-state index in [2.05, 4.69) is 24.3 Å². The van der Waals surface area contributed by atoms with Crippen molar-refractivity contribution in [3.63, 3.8) is 0 Å². The molecule has 1 aliphatic heterocycles. The first-order valence-electron chi connectivity index (χ1n) is 6.06. The van der Waals surface area contributed by atoms with E-state index < -0.39 is 0 Å². The van der Waals surface area contributed by atoms with Crippen LogP contribution in [-0.2, 0) is 4.79 Å². The van der Waals surface area contributed by atoms with E-state index in [-0.39, 0.29) is 0 Å². The second-order valence-corrected chi connectivity index (χ2v) is 6.76. The van der Waals surface area contributed by atoms with Crippen LogP contribution >= 0.6 is 23.5 Å². The van der Waals surface area contributed by atoms with Crippen molar-refractivity contribution in [2.75, 3.05) is 0 Å². The number of rotatable bonds is 0. The Morgan fingerprint density at radius 2 is 1.53 bits per heavy atom. The van der Waals surface area contributed by atoms with Crippen LogP contribution in [0.25, 0.3) is 0 Å². The zero-order valence-corrected chi connectivity index (χ0v) is 11.2. The van der Waals surface area contributed by atoms with Gasteiger partial charge in [-0.15, -0.1) is 0 Å². The summed E-state index contributed by atoms with van der Waals surface area (Å²) >= 11 is 3.55. The number of ketones is 1. The number of carbonyl (C=O) groups excluding carboxylic acids is 1. The molecule has 0 atom stereocenters. The fraction of sp³-hybridized carbons (Fsp3) is 0.357. The van der Waals surface area contributed by atoms with Gasteiger partial charge in [-0.1, -0.05) is 42.1 Å². The average Bonchev–Trinajstić information content (AvgIpc) is 2.65. The smallest absolute Gasteiger partial charge is 0.160 e. The summed E-state index contributed by atoms with van der Waals surface area (Å²) in [4.78, 5) is 14.7. The monoisotopic (exact) mass is 262 g/mol. The Balaban J connectivity index is 1.93. The zero-order valence-electron chi connectivity index (χ0n) is 9.57. The molecule has 1 aliphatic carbocycles. The first-order valence-corrected chi connectivity index (χ1v) is 7.69. The first kappa shape index (κ1) is 11.4.